The maximum atomic E-state index is 12.5. The van der Waals surface area contributed by atoms with Crippen molar-refractivity contribution in [3.8, 4) is 0 Å². The maximum absolute atomic E-state index is 12.5. The first kappa shape index (κ1) is 16.0. The van der Waals surface area contributed by atoms with Gasteiger partial charge in [-0.1, -0.05) is 0 Å². The molecule has 0 bridgehead atoms. The Hall–Kier alpha value is -1.39. The van der Waals surface area contributed by atoms with Crippen LogP contribution in [0.5, 0.6) is 0 Å². The predicted octanol–water partition coefficient (Wildman–Crippen LogP) is -0.712. The molecule has 1 fully saturated rings. The van der Waals surface area contributed by atoms with Crippen LogP contribution in [0.2, 0.25) is 0 Å². The molecule has 1 unspecified atom stereocenters. The number of hydrogen-bond acceptors (Lipinski definition) is 5. The monoisotopic (exact) mass is 336 g/mol. The molecule has 10 heteroatoms. The van der Waals surface area contributed by atoms with E-state index in [1.54, 1.807) is 7.05 Å². The van der Waals surface area contributed by atoms with Gasteiger partial charge in [-0.15, -0.1) is 0 Å². The second-order valence-corrected chi connectivity index (χ2v) is 9.13. The first-order chi connectivity index (χ1) is 9.62. The van der Waals surface area contributed by atoms with E-state index < -0.39 is 38.4 Å². The van der Waals surface area contributed by atoms with Crippen LogP contribution in [0.4, 0.5) is 0 Å². The third-order valence-electron chi connectivity index (χ3n) is 3.32. The number of carbonyl (C=O) groups is 1. The number of sulfone groups is 1. The van der Waals surface area contributed by atoms with Crippen molar-refractivity contribution in [2.45, 2.75) is 17.4 Å². The number of carboxylic acids is 1. The Morgan fingerprint density at radius 3 is 2.62 bits per heavy atom. The topological polar surface area (TPSA) is 114 Å². The van der Waals surface area contributed by atoms with Crippen molar-refractivity contribution in [2.24, 2.45) is 7.05 Å². The summed E-state index contributed by atoms with van der Waals surface area (Å²) in [6.45, 7) is -0.753. The molecule has 1 aliphatic heterocycles. The molecule has 21 heavy (non-hydrogen) atoms. The van der Waals surface area contributed by atoms with Gasteiger partial charge in [0.05, 0.1) is 16.4 Å². The van der Waals surface area contributed by atoms with Crippen LogP contribution in [0, 0.1) is 0 Å². The van der Waals surface area contributed by atoms with Crippen molar-refractivity contribution in [1.29, 1.82) is 0 Å². The number of rotatable bonds is 5. The lowest BCUT2D eigenvalue weighted by Gasteiger charge is -2.25. The van der Waals surface area contributed by atoms with Crippen molar-refractivity contribution in [3.05, 3.63) is 18.5 Å². The highest BCUT2D eigenvalue weighted by Crippen LogP contribution is 2.24. The highest BCUT2D eigenvalue weighted by Gasteiger charge is 2.40. The summed E-state index contributed by atoms with van der Waals surface area (Å²) in [6.07, 6.45) is 2.99. The van der Waals surface area contributed by atoms with Gasteiger partial charge in [-0.05, 0) is 12.5 Å². The van der Waals surface area contributed by atoms with Gasteiger partial charge in [0.2, 0.25) is 10.0 Å². The van der Waals surface area contributed by atoms with Crippen molar-refractivity contribution in [1.82, 2.24) is 8.87 Å². The zero-order valence-electron chi connectivity index (χ0n) is 11.3. The van der Waals surface area contributed by atoms with Crippen LogP contribution in [0.25, 0.3) is 0 Å². The Morgan fingerprint density at radius 1 is 1.52 bits per heavy atom. The van der Waals surface area contributed by atoms with E-state index in [1.165, 1.54) is 23.0 Å². The summed E-state index contributed by atoms with van der Waals surface area (Å²) in [5.41, 5.74) is 0. The SMILES string of the molecule is Cn1ccc(S(=O)(=O)N(CC(=O)O)C2CCS(=O)(=O)C2)c1. The van der Waals surface area contributed by atoms with Gasteiger partial charge in [0.25, 0.3) is 0 Å². The van der Waals surface area contributed by atoms with Crippen LogP contribution < -0.4 is 0 Å². The van der Waals surface area contributed by atoms with Crippen LogP contribution in [-0.2, 0) is 31.7 Å². The van der Waals surface area contributed by atoms with Gasteiger partial charge in [-0.3, -0.25) is 4.79 Å². The summed E-state index contributed by atoms with van der Waals surface area (Å²) in [6, 6.07) is 0.518. The first-order valence-corrected chi connectivity index (χ1v) is 9.44. The zero-order valence-corrected chi connectivity index (χ0v) is 13.0. The number of hydrogen-bond donors (Lipinski definition) is 1. The molecular weight excluding hydrogens is 320 g/mol. The molecule has 118 valence electrons. The summed E-state index contributed by atoms with van der Waals surface area (Å²) in [4.78, 5) is 10.9. The van der Waals surface area contributed by atoms with Crippen molar-refractivity contribution >= 4 is 25.8 Å². The molecule has 0 aliphatic carbocycles. The third kappa shape index (κ3) is 3.44. The lowest BCUT2D eigenvalue weighted by atomic mass is 10.2. The molecule has 1 saturated heterocycles. The number of nitrogens with zero attached hydrogens (tertiary/aromatic N) is 2. The molecule has 1 aliphatic rings. The van der Waals surface area contributed by atoms with Gasteiger partial charge in [0.15, 0.2) is 9.84 Å². The Labute approximate surface area is 123 Å². The molecule has 1 atom stereocenters. The van der Waals surface area contributed by atoms with E-state index in [1.807, 2.05) is 0 Å². The largest absolute Gasteiger partial charge is 0.480 e. The average Bonchev–Trinajstić information content (AvgIpc) is 2.92. The Kier molecular flexibility index (Phi) is 4.13. The molecular formula is C11H16N2O6S2. The fourth-order valence-corrected chi connectivity index (χ4v) is 5.79. The molecule has 1 N–H and O–H groups in total. The molecule has 0 radical (unpaired) electrons. The molecule has 0 spiro atoms. The number of sulfonamides is 1. The number of aliphatic carboxylic acids is 1. The van der Waals surface area contributed by atoms with Crippen LogP contribution in [0.15, 0.2) is 23.4 Å². The van der Waals surface area contributed by atoms with Crippen LogP contribution >= 0.6 is 0 Å². The highest BCUT2D eigenvalue weighted by atomic mass is 32.2. The molecule has 8 nitrogen and oxygen atoms in total. The summed E-state index contributed by atoms with van der Waals surface area (Å²) in [5.74, 6) is -1.79. The van der Waals surface area contributed by atoms with Gasteiger partial charge < -0.3 is 9.67 Å². The minimum atomic E-state index is -4.04. The summed E-state index contributed by atoms with van der Waals surface area (Å²) >= 11 is 0. The molecule has 2 heterocycles. The van der Waals surface area contributed by atoms with Crippen molar-refractivity contribution < 1.29 is 26.7 Å². The molecule has 1 aromatic heterocycles. The average molecular weight is 336 g/mol. The van der Waals surface area contributed by atoms with E-state index in [0.717, 1.165) is 4.31 Å². The second kappa shape index (κ2) is 5.43. The van der Waals surface area contributed by atoms with Crippen molar-refractivity contribution in [3.63, 3.8) is 0 Å². The number of carboxylic acid groups (broad SMARTS) is 1. The quantitative estimate of drug-likeness (QED) is 0.759. The molecule has 2 rings (SSSR count). The Balaban J connectivity index is 2.38. The third-order valence-corrected chi connectivity index (χ3v) is 6.95. The molecule has 0 aromatic carbocycles. The van der Waals surface area contributed by atoms with E-state index in [4.69, 9.17) is 5.11 Å². The second-order valence-electron chi connectivity index (χ2n) is 5.01. The van der Waals surface area contributed by atoms with Gasteiger partial charge in [-0.2, -0.15) is 4.31 Å². The maximum Gasteiger partial charge on any atom is 0.318 e. The van der Waals surface area contributed by atoms with E-state index in [0.29, 0.717) is 0 Å². The van der Waals surface area contributed by atoms with E-state index in [-0.39, 0.29) is 22.8 Å². The van der Waals surface area contributed by atoms with E-state index in [9.17, 15) is 21.6 Å². The highest BCUT2D eigenvalue weighted by molar-refractivity contribution is 7.92. The van der Waals surface area contributed by atoms with Crippen LogP contribution in [0.1, 0.15) is 6.42 Å². The number of aromatic nitrogens is 1. The van der Waals surface area contributed by atoms with Gasteiger partial charge in [-0.25, -0.2) is 16.8 Å². The van der Waals surface area contributed by atoms with E-state index in [2.05, 4.69) is 0 Å². The van der Waals surface area contributed by atoms with Gasteiger partial charge >= 0.3 is 5.97 Å². The predicted molar refractivity (Wildman–Crippen MR) is 74.0 cm³/mol. The van der Waals surface area contributed by atoms with Gasteiger partial charge in [0.1, 0.15) is 6.54 Å². The molecule has 0 amide bonds. The van der Waals surface area contributed by atoms with Gasteiger partial charge in [0, 0.05) is 25.5 Å². The van der Waals surface area contributed by atoms with E-state index >= 15 is 0 Å². The van der Waals surface area contributed by atoms with Crippen LogP contribution in [0.3, 0.4) is 0 Å². The fourth-order valence-electron chi connectivity index (χ4n) is 2.31. The molecule has 1 aromatic rings. The first-order valence-electron chi connectivity index (χ1n) is 6.18. The lowest BCUT2D eigenvalue weighted by molar-refractivity contribution is -0.137. The van der Waals surface area contributed by atoms with Crippen molar-refractivity contribution in [2.75, 3.05) is 18.1 Å². The smallest absolute Gasteiger partial charge is 0.318 e. The minimum Gasteiger partial charge on any atom is -0.480 e. The standard InChI is InChI=1S/C11H16N2O6S2/c1-12-4-2-10(6-12)21(18,19)13(7-11(14)15)9-3-5-20(16,17)8-9/h2,4,6,9H,3,5,7-8H2,1H3,(H,14,15). The molecule has 0 saturated carbocycles. The summed E-state index contributed by atoms with van der Waals surface area (Å²) in [7, 11) is -5.72. The minimum absolute atomic E-state index is 0.0458. The lowest BCUT2D eigenvalue weighted by Crippen LogP contribution is -2.44. The Bertz CT molecular complexity index is 749. The fraction of sp³-hybridized carbons (Fsp3) is 0.545. The Morgan fingerprint density at radius 2 is 2.19 bits per heavy atom. The van der Waals surface area contributed by atoms with Crippen LogP contribution in [-0.4, -0.2) is 60.9 Å². The normalized spacial score (nSPS) is 21.7. The summed E-state index contributed by atoms with van der Waals surface area (Å²) in [5, 5.41) is 8.93. The summed E-state index contributed by atoms with van der Waals surface area (Å²) < 4.78 is 50.4. The number of aryl methyl sites for hydroxylation is 1. The zero-order chi connectivity index (χ0) is 15.8.